The standard InChI is InChI=1S/C9H14ClN5O2S/c1-14-2-4-15(5-3-14)13-18(16,17)8-6-11-9(10)12-7-8/h6-7,13H,2-5H2,1H3. The number of hydrazine groups is 1. The number of hydrogen-bond donors (Lipinski definition) is 1. The van der Waals surface area contributed by atoms with Crippen LogP contribution in [0.1, 0.15) is 0 Å². The molecule has 0 amide bonds. The molecule has 0 saturated carbocycles. The topological polar surface area (TPSA) is 78.4 Å². The van der Waals surface area contributed by atoms with Gasteiger partial charge in [-0.3, -0.25) is 0 Å². The van der Waals surface area contributed by atoms with Crippen molar-refractivity contribution in [1.82, 2.24) is 24.7 Å². The van der Waals surface area contributed by atoms with Crippen molar-refractivity contribution in [1.29, 1.82) is 0 Å². The summed E-state index contributed by atoms with van der Waals surface area (Å²) in [6.07, 6.45) is 2.38. The first-order chi connectivity index (χ1) is 8.47. The van der Waals surface area contributed by atoms with Crippen LogP contribution in [0.3, 0.4) is 0 Å². The van der Waals surface area contributed by atoms with Crippen molar-refractivity contribution in [3.63, 3.8) is 0 Å². The molecule has 1 fully saturated rings. The number of aromatic nitrogens is 2. The van der Waals surface area contributed by atoms with E-state index in [-0.39, 0.29) is 10.2 Å². The summed E-state index contributed by atoms with van der Waals surface area (Å²) in [4.78, 5) is 12.0. The first kappa shape index (κ1) is 13.6. The SMILES string of the molecule is CN1CCN(NS(=O)(=O)c2cnc(Cl)nc2)CC1. The normalized spacial score (nSPS) is 19.0. The van der Waals surface area contributed by atoms with Gasteiger partial charge in [-0.1, -0.05) is 0 Å². The van der Waals surface area contributed by atoms with Crippen LogP contribution in [0.5, 0.6) is 0 Å². The van der Waals surface area contributed by atoms with Gasteiger partial charge < -0.3 is 4.90 Å². The second kappa shape index (κ2) is 5.45. The number of hydrogen-bond acceptors (Lipinski definition) is 6. The largest absolute Gasteiger partial charge is 0.304 e. The Kier molecular flexibility index (Phi) is 4.13. The van der Waals surface area contributed by atoms with Gasteiger partial charge in [0.1, 0.15) is 4.90 Å². The highest BCUT2D eigenvalue weighted by Gasteiger charge is 2.21. The number of halogens is 1. The monoisotopic (exact) mass is 291 g/mol. The van der Waals surface area contributed by atoms with E-state index in [0.717, 1.165) is 13.1 Å². The summed E-state index contributed by atoms with van der Waals surface area (Å²) in [5.41, 5.74) is 0. The quantitative estimate of drug-likeness (QED) is 0.762. The fourth-order valence-electron chi connectivity index (χ4n) is 1.56. The van der Waals surface area contributed by atoms with Gasteiger partial charge >= 0.3 is 0 Å². The molecule has 0 unspecified atom stereocenters. The molecule has 0 aliphatic carbocycles. The molecule has 100 valence electrons. The molecule has 1 saturated heterocycles. The van der Waals surface area contributed by atoms with E-state index in [9.17, 15) is 8.42 Å². The smallest absolute Gasteiger partial charge is 0.256 e. The molecule has 1 N–H and O–H groups in total. The minimum atomic E-state index is -3.62. The van der Waals surface area contributed by atoms with E-state index in [0.29, 0.717) is 13.1 Å². The van der Waals surface area contributed by atoms with Gasteiger partial charge in [0.2, 0.25) is 5.28 Å². The van der Waals surface area contributed by atoms with Gasteiger partial charge in [0.25, 0.3) is 10.0 Å². The van der Waals surface area contributed by atoms with Gasteiger partial charge in [-0.2, -0.15) is 0 Å². The minimum Gasteiger partial charge on any atom is -0.304 e. The summed E-state index contributed by atoms with van der Waals surface area (Å²) in [6.45, 7) is 2.92. The Morgan fingerprint density at radius 1 is 1.22 bits per heavy atom. The highest BCUT2D eigenvalue weighted by molar-refractivity contribution is 7.89. The fourth-order valence-corrected chi connectivity index (χ4v) is 2.67. The first-order valence-corrected chi connectivity index (χ1v) is 7.27. The molecule has 9 heteroatoms. The lowest BCUT2D eigenvalue weighted by Crippen LogP contribution is -2.52. The Labute approximate surface area is 111 Å². The maximum Gasteiger partial charge on any atom is 0.256 e. The van der Waals surface area contributed by atoms with Crippen molar-refractivity contribution in [3.05, 3.63) is 17.7 Å². The van der Waals surface area contributed by atoms with Crippen LogP contribution in [0.15, 0.2) is 17.3 Å². The molecule has 0 bridgehead atoms. The van der Waals surface area contributed by atoms with Crippen LogP contribution in [-0.4, -0.2) is 61.5 Å². The predicted molar refractivity (Wildman–Crippen MR) is 66.4 cm³/mol. The van der Waals surface area contributed by atoms with Crippen molar-refractivity contribution in [2.75, 3.05) is 33.2 Å². The van der Waals surface area contributed by atoms with E-state index in [2.05, 4.69) is 19.7 Å². The zero-order valence-corrected chi connectivity index (χ0v) is 11.4. The molecule has 1 aromatic rings. The van der Waals surface area contributed by atoms with Gasteiger partial charge in [-0.05, 0) is 18.6 Å². The molecule has 7 nitrogen and oxygen atoms in total. The highest BCUT2D eigenvalue weighted by atomic mass is 35.5. The van der Waals surface area contributed by atoms with Crippen LogP contribution in [0.25, 0.3) is 0 Å². The number of likely N-dealkylation sites (N-methyl/N-ethyl adjacent to an activating group) is 1. The first-order valence-electron chi connectivity index (χ1n) is 5.41. The van der Waals surface area contributed by atoms with Gasteiger partial charge in [0, 0.05) is 26.2 Å². The van der Waals surface area contributed by atoms with Gasteiger partial charge in [-0.25, -0.2) is 23.4 Å². The zero-order valence-electron chi connectivity index (χ0n) is 9.87. The lowest BCUT2D eigenvalue weighted by Gasteiger charge is -2.31. The Morgan fingerprint density at radius 3 is 2.33 bits per heavy atom. The molecule has 1 aromatic heterocycles. The summed E-state index contributed by atoms with van der Waals surface area (Å²) >= 11 is 5.52. The molecule has 2 heterocycles. The number of nitrogens with zero attached hydrogens (tertiary/aromatic N) is 4. The predicted octanol–water partition coefficient (Wildman–Crippen LogP) is -0.429. The van der Waals surface area contributed by atoms with E-state index in [1.807, 2.05) is 7.05 Å². The van der Waals surface area contributed by atoms with Gasteiger partial charge in [0.15, 0.2) is 0 Å². The summed E-state index contributed by atoms with van der Waals surface area (Å²) in [5.74, 6) is 0. The van der Waals surface area contributed by atoms with E-state index in [4.69, 9.17) is 11.6 Å². The van der Waals surface area contributed by atoms with Gasteiger partial charge in [0.05, 0.1) is 12.4 Å². The second-order valence-corrected chi connectivity index (χ2v) is 6.07. The summed E-state index contributed by atoms with van der Waals surface area (Å²) in [5, 5.41) is 1.69. The van der Waals surface area contributed by atoms with Crippen molar-refractivity contribution < 1.29 is 8.42 Å². The molecular formula is C9H14ClN5O2S. The molecule has 1 aliphatic rings. The zero-order chi connectivity index (χ0) is 13.2. The number of rotatable bonds is 3. The van der Waals surface area contributed by atoms with Crippen molar-refractivity contribution in [2.24, 2.45) is 0 Å². The summed E-state index contributed by atoms with van der Waals surface area (Å²) < 4.78 is 24.0. The van der Waals surface area contributed by atoms with Crippen LogP contribution < -0.4 is 4.83 Å². The Hall–Kier alpha value is -0.800. The minimum absolute atomic E-state index is 0.00540. The molecule has 0 spiro atoms. The maximum atomic E-state index is 12.0. The fraction of sp³-hybridized carbons (Fsp3) is 0.556. The molecule has 1 aliphatic heterocycles. The summed E-state index contributed by atoms with van der Waals surface area (Å²) in [6, 6.07) is 0. The lowest BCUT2D eigenvalue weighted by molar-refractivity contribution is 0.135. The van der Waals surface area contributed by atoms with E-state index in [1.165, 1.54) is 12.4 Å². The number of piperazine rings is 1. The molecule has 2 rings (SSSR count). The van der Waals surface area contributed by atoms with Crippen molar-refractivity contribution in [2.45, 2.75) is 4.90 Å². The highest BCUT2D eigenvalue weighted by Crippen LogP contribution is 2.08. The van der Waals surface area contributed by atoms with Crippen LogP contribution in [0.2, 0.25) is 5.28 Å². The Morgan fingerprint density at radius 2 is 1.78 bits per heavy atom. The van der Waals surface area contributed by atoms with Crippen LogP contribution >= 0.6 is 11.6 Å². The molecule has 0 radical (unpaired) electrons. The third-order valence-electron chi connectivity index (χ3n) is 2.66. The Bertz CT molecular complexity index is 498. The average molecular weight is 292 g/mol. The molecular weight excluding hydrogens is 278 g/mol. The van der Waals surface area contributed by atoms with Crippen LogP contribution in [0.4, 0.5) is 0 Å². The third-order valence-corrected chi connectivity index (χ3v) is 4.18. The Balaban J connectivity index is 2.05. The van der Waals surface area contributed by atoms with Crippen LogP contribution in [-0.2, 0) is 10.0 Å². The molecule has 0 atom stereocenters. The van der Waals surface area contributed by atoms with Crippen molar-refractivity contribution >= 4 is 21.6 Å². The number of nitrogens with one attached hydrogen (secondary N) is 1. The average Bonchev–Trinajstić information content (AvgIpc) is 2.32. The number of sulfonamides is 1. The third kappa shape index (κ3) is 3.36. The van der Waals surface area contributed by atoms with E-state index >= 15 is 0 Å². The van der Waals surface area contributed by atoms with Gasteiger partial charge in [-0.15, -0.1) is 4.83 Å². The van der Waals surface area contributed by atoms with E-state index < -0.39 is 10.0 Å². The summed E-state index contributed by atoms with van der Waals surface area (Å²) in [7, 11) is -1.62. The van der Waals surface area contributed by atoms with Crippen LogP contribution in [0, 0.1) is 0 Å². The molecule has 18 heavy (non-hydrogen) atoms. The second-order valence-electron chi connectivity index (χ2n) is 4.07. The van der Waals surface area contributed by atoms with E-state index in [1.54, 1.807) is 5.01 Å². The maximum absolute atomic E-state index is 12.0. The molecule has 0 aromatic carbocycles. The lowest BCUT2D eigenvalue weighted by atomic mass is 10.4. The van der Waals surface area contributed by atoms with Crippen molar-refractivity contribution in [3.8, 4) is 0 Å².